The standard InChI is InChI=1S/C31H58N5O6P/c1-4-5-6-7-8-9-10-11-12-13-14-15-16-17-19-39-20-18-21-42-43(37,38)26-41-28(23-40-27(2)3)22-36-25-35-29-30(32)33-24-34-31(29)36/h24-25,27-28H,4-23,26H2,1-3H3,(H,37,38)(H2,32,33,34)/t28-/m1/s1. The van der Waals surface area contributed by atoms with Gasteiger partial charge in [0.05, 0.1) is 38.3 Å². The van der Waals surface area contributed by atoms with E-state index in [1.54, 1.807) is 10.9 Å². The Morgan fingerprint density at radius 3 is 2.07 bits per heavy atom. The molecule has 0 aliphatic rings. The fourth-order valence-corrected chi connectivity index (χ4v) is 5.70. The normalized spacial score (nSPS) is 14.1. The monoisotopic (exact) mass is 627 g/mol. The first-order valence-electron chi connectivity index (χ1n) is 16.5. The molecule has 2 rings (SSSR count). The zero-order valence-corrected chi connectivity index (χ0v) is 27.9. The topological polar surface area (TPSA) is 144 Å². The number of aromatic nitrogens is 4. The highest BCUT2D eigenvalue weighted by Crippen LogP contribution is 2.42. The molecule has 3 N–H and O–H groups in total. The van der Waals surface area contributed by atoms with E-state index in [4.69, 9.17) is 24.5 Å². The second-order valence-corrected chi connectivity index (χ2v) is 13.5. The van der Waals surface area contributed by atoms with Gasteiger partial charge in [-0.15, -0.1) is 0 Å². The third kappa shape index (κ3) is 17.5. The van der Waals surface area contributed by atoms with Crippen LogP contribution in [0, 0.1) is 0 Å². The minimum atomic E-state index is -3.94. The van der Waals surface area contributed by atoms with Crippen LogP contribution in [0.4, 0.5) is 5.82 Å². The molecule has 12 heteroatoms. The molecule has 2 aromatic rings. The van der Waals surface area contributed by atoms with Crippen LogP contribution in [0.25, 0.3) is 11.2 Å². The van der Waals surface area contributed by atoms with Crippen molar-refractivity contribution in [2.75, 3.05) is 38.5 Å². The number of nitrogen functional groups attached to an aromatic ring is 1. The van der Waals surface area contributed by atoms with Gasteiger partial charge in [-0.25, -0.2) is 15.0 Å². The highest BCUT2D eigenvalue weighted by Gasteiger charge is 2.24. The lowest BCUT2D eigenvalue weighted by Crippen LogP contribution is -2.27. The quantitative estimate of drug-likeness (QED) is 0.0730. The summed E-state index contributed by atoms with van der Waals surface area (Å²) in [5, 5.41) is 0. The van der Waals surface area contributed by atoms with Gasteiger partial charge in [0.25, 0.3) is 0 Å². The lowest BCUT2D eigenvalue weighted by molar-refractivity contribution is -0.0321. The van der Waals surface area contributed by atoms with Crippen LogP contribution in [0.1, 0.15) is 117 Å². The molecule has 0 aliphatic carbocycles. The molecular formula is C31H58N5O6P. The van der Waals surface area contributed by atoms with Crippen LogP contribution in [0.3, 0.4) is 0 Å². The first kappa shape index (κ1) is 37.6. The van der Waals surface area contributed by atoms with Crippen LogP contribution < -0.4 is 5.73 Å². The van der Waals surface area contributed by atoms with E-state index in [0.29, 0.717) is 30.7 Å². The second kappa shape index (κ2) is 22.8. The summed E-state index contributed by atoms with van der Waals surface area (Å²) in [5.74, 6) is 0.288. The predicted octanol–water partition coefficient (Wildman–Crippen LogP) is 7.27. The van der Waals surface area contributed by atoms with E-state index >= 15 is 0 Å². The van der Waals surface area contributed by atoms with Crippen LogP contribution >= 0.6 is 7.60 Å². The molecule has 0 amide bonds. The summed E-state index contributed by atoms with van der Waals surface area (Å²) in [6.45, 7) is 7.99. The van der Waals surface area contributed by atoms with Crippen molar-refractivity contribution >= 4 is 24.6 Å². The maximum Gasteiger partial charge on any atom is 0.353 e. The molecule has 248 valence electrons. The van der Waals surface area contributed by atoms with Crippen LogP contribution in [0.15, 0.2) is 12.7 Å². The average molecular weight is 628 g/mol. The molecule has 0 saturated heterocycles. The largest absolute Gasteiger partial charge is 0.382 e. The van der Waals surface area contributed by atoms with Crippen LogP contribution in [0.2, 0.25) is 0 Å². The minimum Gasteiger partial charge on any atom is -0.382 e. The molecule has 0 aromatic carbocycles. The Morgan fingerprint density at radius 2 is 1.44 bits per heavy atom. The van der Waals surface area contributed by atoms with Gasteiger partial charge in [0.15, 0.2) is 11.5 Å². The fraction of sp³-hybridized carbons (Fsp3) is 0.839. The Hall–Kier alpha value is -1.62. The van der Waals surface area contributed by atoms with Crippen LogP contribution in [0.5, 0.6) is 0 Å². The van der Waals surface area contributed by atoms with Gasteiger partial charge in [0.1, 0.15) is 18.2 Å². The molecule has 2 aromatic heterocycles. The zero-order valence-electron chi connectivity index (χ0n) is 27.0. The zero-order chi connectivity index (χ0) is 31.2. The molecule has 0 saturated carbocycles. The molecule has 43 heavy (non-hydrogen) atoms. The maximum absolute atomic E-state index is 12.6. The first-order valence-corrected chi connectivity index (χ1v) is 18.3. The Labute approximate surface area is 259 Å². The van der Waals surface area contributed by atoms with Crippen molar-refractivity contribution in [3.63, 3.8) is 0 Å². The lowest BCUT2D eigenvalue weighted by atomic mass is 10.0. The number of imidazole rings is 1. The van der Waals surface area contributed by atoms with Crippen LogP contribution in [-0.2, 0) is 29.8 Å². The van der Waals surface area contributed by atoms with Crippen LogP contribution in [-0.4, -0.2) is 69.4 Å². The summed E-state index contributed by atoms with van der Waals surface area (Å²) in [6, 6.07) is 0. The lowest BCUT2D eigenvalue weighted by Gasteiger charge is -2.21. The second-order valence-electron chi connectivity index (χ2n) is 11.7. The molecule has 11 nitrogen and oxygen atoms in total. The number of rotatable bonds is 28. The Kier molecular flexibility index (Phi) is 19.9. The molecule has 2 heterocycles. The highest BCUT2D eigenvalue weighted by molar-refractivity contribution is 7.52. The van der Waals surface area contributed by atoms with Gasteiger partial charge in [-0.2, -0.15) is 0 Å². The highest BCUT2D eigenvalue weighted by atomic mass is 31.2. The number of fused-ring (bicyclic) bond motifs is 1. The average Bonchev–Trinajstić information content (AvgIpc) is 3.39. The molecule has 2 atom stereocenters. The number of ether oxygens (including phenoxy) is 3. The fourth-order valence-electron chi connectivity index (χ4n) is 4.81. The van der Waals surface area contributed by atoms with E-state index in [9.17, 15) is 9.46 Å². The van der Waals surface area contributed by atoms with Gasteiger partial charge < -0.3 is 33.9 Å². The van der Waals surface area contributed by atoms with Gasteiger partial charge in [0.2, 0.25) is 0 Å². The molecule has 0 spiro atoms. The maximum atomic E-state index is 12.6. The van der Waals surface area contributed by atoms with Gasteiger partial charge >= 0.3 is 7.60 Å². The SMILES string of the molecule is CCCCCCCCCCCCCCCCOCCCO[P@@](=O)(O)CO[C@@H](COC(C)C)Cn1cnc2c(N)ncnc21. The smallest absolute Gasteiger partial charge is 0.353 e. The van der Waals surface area contributed by atoms with Crippen molar-refractivity contribution in [1.82, 2.24) is 19.5 Å². The van der Waals surface area contributed by atoms with Gasteiger partial charge in [-0.1, -0.05) is 90.4 Å². The van der Waals surface area contributed by atoms with E-state index < -0.39 is 20.0 Å². The number of hydrogen-bond donors (Lipinski definition) is 2. The molecule has 0 bridgehead atoms. The van der Waals surface area contributed by atoms with Crippen molar-refractivity contribution in [1.29, 1.82) is 0 Å². The Bertz CT molecular complexity index is 1020. The van der Waals surface area contributed by atoms with Gasteiger partial charge in [-0.05, 0) is 26.7 Å². The molecule has 0 radical (unpaired) electrons. The number of anilines is 1. The predicted molar refractivity (Wildman–Crippen MR) is 172 cm³/mol. The van der Waals surface area contributed by atoms with E-state index in [-0.39, 0.29) is 25.1 Å². The number of nitrogens with zero attached hydrogens (tertiary/aromatic N) is 4. The summed E-state index contributed by atoms with van der Waals surface area (Å²) in [7, 11) is -3.94. The third-order valence-corrected chi connectivity index (χ3v) is 8.35. The Morgan fingerprint density at radius 1 is 0.837 bits per heavy atom. The summed E-state index contributed by atoms with van der Waals surface area (Å²) in [4.78, 5) is 22.8. The summed E-state index contributed by atoms with van der Waals surface area (Å²) < 4.78 is 36.8. The summed E-state index contributed by atoms with van der Waals surface area (Å²) in [6.07, 6.45) is 21.2. The third-order valence-electron chi connectivity index (χ3n) is 7.29. The first-order chi connectivity index (χ1) is 20.8. The number of unbranched alkanes of at least 4 members (excludes halogenated alkanes) is 13. The van der Waals surface area contributed by atoms with Crippen molar-refractivity contribution in [2.24, 2.45) is 0 Å². The van der Waals surface area contributed by atoms with Crippen molar-refractivity contribution < 1.29 is 28.2 Å². The van der Waals surface area contributed by atoms with E-state index in [2.05, 4.69) is 21.9 Å². The summed E-state index contributed by atoms with van der Waals surface area (Å²) in [5.41, 5.74) is 6.93. The minimum absolute atomic E-state index is 0.0229. The van der Waals surface area contributed by atoms with E-state index in [0.717, 1.165) is 13.0 Å². The molecule has 0 fully saturated rings. The number of nitrogens with two attached hydrogens (primary N) is 1. The van der Waals surface area contributed by atoms with Gasteiger partial charge in [-0.3, -0.25) is 4.57 Å². The number of hydrogen-bond acceptors (Lipinski definition) is 9. The van der Waals surface area contributed by atoms with E-state index in [1.807, 2.05) is 13.8 Å². The molecule has 0 unspecified atom stereocenters. The van der Waals surface area contributed by atoms with Crippen molar-refractivity contribution in [3.8, 4) is 0 Å². The van der Waals surface area contributed by atoms with Crippen molar-refractivity contribution in [2.45, 2.75) is 136 Å². The Balaban J connectivity index is 1.50. The van der Waals surface area contributed by atoms with Crippen molar-refractivity contribution in [3.05, 3.63) is 12.7 Å². The molecule has 0 aliphatic heterocycles. The molecular weight excluding hydrogens is 569 g/mol. The van der Waals surface area contributed by atoms with E-state index in [1.165, 1.54) is 89.8 Å². The van der Waals surface area contributed by atoms with Gasteiger partial charge in [0, 0.05) is 13.2 Å². The summed E-state index contributed by atoms with van der Waals surface area (Å²) >= 11 is 0.